The molecule has 4 heteroatoms. The fourth-order valence-electron chi connectivity index (χ4n) is 1.96. The van der Waals surface area contributed by atoms with Crippen LogP contribution in [0.2, 0.25) is 0 Å². The summed E-state index contributed by atoms with van der Waals surface area (Å²) in [5.74, 6) is 2.01. The van der Waals surface area contributed by atoms with Gasteiger partial charge in [0.1, 0.15) is 11.6 Å². The van der Waals surface area contributed by atoms with Gasteiger partial charge in [-0.25, -0.2) is 0 Å². The van der Waals surface area contributed by atoms with Crippen LogP contribution >= 0.6 is 0 Å². The zero-order chi connectivity index (χ0) is 11.8. The Morgan fingerprint density at radius 1 is 1.00 bits per heavy atom. The summed E-state index contributed by atoms with van der Waals surface area (Å²) >= 11 is 0. The number of nitrogens with zero attached hydrogens (tertiary/aromatic N) is 3. The molecule has 92 valence electrons. The summed E-state index contributed by atoms with van der Waals surface area (Å²) in [4.78, 5) is 0. The molecule has 0 atom stereocenters. The number of aryl methyl sites for hydroxylation is 1. The molecule has 4 nitrogen and oxygen atoms in total. The maximum absolute atomic E-state index is 5.61. The number of hydrogen-bond donors (Lipinski definition) is 1. The smallest absolute Gasteiger partial charge is 0.146 e. The Balaban J connectivity index is 2.38. The van der Waals surface area contributed by atoms with Crippen LogP contribution in [0.15, 0.2) is 0 Å². The van der Waals surface area contributed by atoms with Crippen LogP contribution in [0.3, 0.4) is 0 Å². The van der Waals surface area contributed by atoms with Crippen molar-refractivity contribution in [3.8, 4) is 0 Å². The van der Waals surface area contributed by atoms with Crippen molar-refractivity contribution in [1.29, 1.82) is 0 Å². The topological polar surface area (TPSA) is 56.7 Å². The van der Waals surface area contributed by atoms with Gasteiger partial charge >= 0.3 is 0 Å². The molecule has 0 bridgehead atoms. The molecule has 0 aliphatic heterocycles. The van der Waals surface area contributed by atoms with E-state index in [1.54, 1.807) is 0 Å². The minimum absolute atomic E-state index is 0.483. The van der Waals surface area contributed by atoms with E-state index in [0.717, 1.165) is 24.6 Å². The Hall–Kier alpha value is -0.900. The Morgan fingerprint density at radius 2 is 1.69 bits per heavy atom. The zero-order valence-corrected chi connectivity index (χ0v) is 10.6. The second-order valence-corrected chi connectivity index (χ2v) is 4.15. The number of nitrogens with two attached hydrogens (primary N) is 1. The normalized spacial score (nSPS) is 10.9. The lowest BCUT2D eigenvalue weighted by Gasteiger charge is -2.05. The Bertz CT molecular complexity index is 293. The van der Waals surface area contributed by atoms with Crippen LogP contribution in [-0.2, 0) is 19.5 Å². The van der Waals surface area contributed by atoms with Crippen LogP contribution < -0.4 is 5.73 Å². The van der Waals surface area contributed by atoms with E-state index in [9.17, 15) is 0 Å². The molecular formula is C12H24N4. The highest BCUT2D eigenvalue weighted by Gasteiger charge is 2.08. The standard InChI is InChI=1S/C12H24N4/c1-3-5-6-7-8-9-11-14-15-12(10-13)16(11)4-2/h3-10,13H2,1-2H3. The maximum Gasteiger partial charge on any atom is 0.146 e. The summed E-state index contributed by atoms with van der Waals surface area (Å²) in [6, 6.07) is 0. The van der Waals surface area contributed by atoms with E-state index >= 15 is 0 Å². The van der Waals surface area contributed by atoms with Crippen molar-refractivity contribution in [2.75, 3.05) is 0 Å². The first-order valence-electron chi connectivity index (χ1n) is 6.44. The number of unbranched alkanes of at least 4 members (excludes halogenated alkanes) is 4. The monoisotopic (exact) mass is 224 g/mol. The van der Waals surface area contributed by atoms with Crippen LogP contribution in [0.4, 0.5) is 0 Å². The lowest BCUT2D eigenvalue weighted by molar-refractivity contribution is 0.595. The molecule has 0 aromatic carbocycles. The van der Waals surface area contributed by atoms with Crippen molar-refractivity contribution in [3.63, 3.8) is 0 Å². The molecule has 0 saturated carbocycles. The molecule has 0 aliphatic rings. The van der Waals surface area contributed by atoms with Crippen LogP contribution in [0.25, 0.3) is 0 Å². The lowest BCUT2D eigenvalue weighted by atomic mass is 10.1. The fraction of sp³-hybridized carbons (Fsp3) is 0.833. The molecule has 1 aromatic heterocycles. The molecule has 0 fully saturated rings. The third-order valence-electron chi connectivity index (χ3n) is 2.91. The molecule has 1 aromatic rings. The first-order chi connectivity index (χ1) is 7.83. The number of aromatic nitrogens is 3. The molecule has 16 heavy (non-hydrogen) atoms. The minimum atomic E-state index is 0.483. The van der Waals surface area contributed by atoms with Crippen molar-refractivity contribution in [2.45, 2.75) is 65.5 Å². The molecule has 2 N–H and O–H groups in total. The molecule has 0 spiro atoms. The van der Waals surface area contributed by atoms with Gasteiger partial charge in [0.25, 0.3) is 0 Å². The molecular weight excluding hydrogens is 200 g/mol. The van der Waals surface area contributed by atoms with Gasteiger partial charge in [-0.05, 0) is 13.3 Å². The second-order valence-electron chi connectivity index (χ2n) is 4.15. The second kappa shape index (κ2) is 7.39. The number of hydrogen-bond acceptors (Lipinski definition) is 3. The Labute approximate surface area is 98.2 Å². The summed E-state index contributed by atoms with van der Waals surface area (Å²) in [6.45, 7) is 5.75. The van der Waals surface area contributed by atoms with Gasteiger partial charge in [-0.3, -0.25) is 0 Å². The largest absolute Gasteiger partial charge is 0.324 e. The van der Waals surface area contributed by atoms with Gasteiger partial charge in [0.05, 0.1) is 6.54 Å². The minimum Gasteiger partial charge on any atom is -0.324 e. The van der Waals surface area contributed by atoms with Gasteiger partial charge in [-0.15, -0.1) is 10.2 Å². The molecule has 1 heterocycles. The summed E-state index contributed by atoms with van der Waals surface area (Å²) in [5, 5.41) is 8.32. The van der Waals surface area contributed by atoms with Crippen molar-refractivity contribution in [1.82, 2.24) is 14.8 Å². The van der Waals surface area contributed by atoms with Gasteiger partial charge in [0.2, 0.25) is 0 Å². The highest BCUT2D eigenvalue weighted by atomic mass is 15.3. The van der Waals surface area contributed by atoms with E-state index in [0.29, 0.717) is 6.54 Å². The van der Waals surface area contributed by atoms with Crippen molar-refractivity contribution in [3.05, 3.63) is 11.6 Å². The Kier molecular flexibility index (Phi) is 6.08. The quantitative estimate of drug-likeness (QED) is 0.689. The zero-order valence-electron chi connectivity index (χ0n) is 10.6. The van der Waals surface area contributed by atoms with Crippen molar-refractivity contribution >= 4 is 0 Å². The summed E-state index contributed by atoms with van der Waals surface area (Å²) < 4.78 is 2.14. The van der Waals surface area contributed by atoms with Gasteiger partial charge < -0.3 is 10.3 Å². The van der Waals surface area contributed by atoms with Gasteiger partial charge in [-0.2, -0.15) is 0 Å². The van der Waals surface area contributed by atoms with Gasteiger partial charge in [-0.1, -0.05) is 32.6 Å². The van der Waals surface area contributed by atoms with E-state index in [1.165, 1.54) is 32.1 Å². The van der Waals surface area contributed by atoms with E-state index in [2.05, 4.69) is 28.6 Å². The van der Waals surface area contributed by atoms with E-state index in [4.69, 9.17) is 5.73 Å². The highest BCUT2D eigenvalue weighted by molar-refractivity contribution is 4.95. The average molecular weight is 224 g/mol. The van der Waals surface area contributed by atoms with Crippen LogP contribution in [0.5, 0.6) is 0 Å². The van der Waals surface area contributed by atoms with Crippen molar-refractivity contribution in [2.24, 2.45) is 5.73 Å². The van der Waals surface area contributed by atoms with Crippen LogP contribution in [0.1, 0.15) is 57.6 Å². The van der Waals surface area contributed by atoms with E-state index < -0.39 is 0 Å². The molecule has 0 unspecified atom stereocenters. The van der Waals surface area contributed by atoms with Gasteiger partial charge in [0, 0.05) is 13.0 Å². The molecule has 0 aliphatic carbocycles. The predicted octanol–water partition coefficient (Wildman–Crippen LogP) is 2.27. The fourth-order valence-corrected chi connectivity index (χ4v) is 1.96. The van der Waals surface area contributed by atoms with Crippen LogP contribution in [-0.4, -0.2) is 14.8 Å². The third-order valence-corrected chi connectivity index (χ3v) is 2.91. The number of rotatable bonds is 8. The predicted molar refractivity (Wildman–Crippen MR) is 66.1 cm³/mol. The SMILES string of the molecule is CCCCCCCc1nnc(CN)n1CC. The molecule has 1 rings (SSSR count). The molecule has 0 saturated heterocycles. The first kappa shape index (κ1) is 13.2. The Morgan fingerprint density at radius 3 is 2.31 bits per heavy atom. The summed E-state index contributed by atoms with van der Waals surface area (Å²) in [7, 11) is 0. The maximum atomic E-state index is 5.61. The third kappa shape index (κ3) is 3.59. The molecule has 0 radical (unpaired) electrons. The first-order valence-corrected chi connectivity index (χ1v) is 6.44. The van der Waals surface area contributed by atoms with E-state index in [1.807, 2.05) is 0 Å². The van der Waals surface area contributed by atoms with Crippen LogP contribution in [0, 0.1) is 0 Å². The summed E-state index contributed by atoms with van der Waals surface area (Å²) in [5.41, 5.74) is 5.61. The average Bonchev–Trinajstić information content (AvgIpc) is 2.71. The van der Waals surface area contributed by atoms with Gasteiger partial charge in [0.15, 0.2) is 0 Å². The van der Waals surface area contributed by atoms with E-state index in [-0.39, 0.29) is 0 Å². The highest BCUT2D eigenvalue weighted by Crippen LogP contribution is 2.09. The summed E-state index contributed by atoms with van der Waals surface area (Å²) in [6.07, 6.45) is 7.51. The molecule has 0 amide bonds. The van der Waals surface area contributed by atoms with Crippen molar-refractivity contribution < 1.29 is 0 Å². The lowest BCUT2D eigenvalue weighted by Crippen LogP contribution is -2.09.